The van der Waals surface area contributed by atoms with E-state index in [2.05, 4.69) is 41.2 Å². The van der Waals surface area contributed by atoms with E-state index in [4.69, 9.17) is 0 Å². The van der Waals surface area contributed by atoms with Gasteiger partial charge in [-0.15, -0.1) is 10.2 Å². The van der Waals surface area contributed by atoms with E-state index in [9.17, 15) is 9.18 Å². The molecule has 0 aliphatic heterocycles. The molecule has 1 amide bonds. The largest absolute Gasteiger partial charge is 0.369 e. The normalized spacial score (nSPS) is 13.4. The molecule has 1 N–H and O–H groups in total. The summed E-state index contributed by atoms with van der Waals surface area (Å²) in [5, 5.41) is 12.1. The Kier molecular flexibility index (Phi) is 6.79. The first-order chi connectivity index (χ1) is 15.5. The zero-order valence-electron chi connectivity index (χ0n) is 18.6. The molecule has 0 atom stereocenters. The third-order valence-electron chi connectivity index (χ3n) is 5.47. The van der Waals surface area contributed by atoms with Gasteiger partial charge in [0.25, 0.3) is 0 Å². The number of hydrogen-bond donors (Lipinski definition) is 1. The van der Waals surface area contributed by atoms with Gasteiger partial charge in [0.05, 0.1) is 11.3 Å². The minimum Gasteiger partial charge on any atom is -0.369 e. The van der Waals surface area contributed by atoms with Gasteiger partial charge in [-0.3, -0.25) is 9.36 Å². The number of rotatable bonds is 9. The summed E-state index contributed by atoms with van der Waals surface area (Å²) in [4.78, 5) is 14.8. The van der Waals surface area contributed by atoms with Crippen LogP contribution in [0.5, 0.6) is 0 Å². The number of carbonyl (C=O) groups is 1. The Hall–Kier alpha value is -2.87. The summed E-state index contributed by atoms with van der Waals surface area (Å²) in [5.74, 6) is 0.293. The monoisotopic (exact) mass is 453 g/mol. The Morgan fingerprint density at radius 3 is 2.53 bits per heavy atom. The van der Waals surface area contributed by atoms with Crippen molar-refractivity contribution >= 4 is 29.0 Å². The SMILES string of the molecule is CCN(c1ccc(NC(=O)CSc2nnc(-c3ccccc3F)n2C2CC2)cc1)C(C)C. The van der Waals surface area contributed by atoms with Crippen molar-refractivity contribution in [3.8, 4) is 11.4 Å². The summed E-state index contributed by atoms with van der Waals surface area (Å²) >= 11 is 1.33. The Bertz CT molecular complexity index is 1080. The predicted molar refractivity (Wildman–Crippen MR) is 128 cm³/mol. The van der Waals surface area contributed by atoms with E-state index < -0.39 is 0 Å². The van der Waals surface area contributed by atoms with Gasteiger partial charge in [0.1, 0.15) is 5.82 Å². The number of benzene rings is 2. The molecule has 32 heavy (non-hydrogen) atoms. The lowest BCUT2D eigenvalue weighted by Crippen LogP contribution is -2.30. The summed E-state index contributed by atoms with van der Waals surface area (Å²) in [6.07, 6.45) is 2.02. The average molecular weight is 454 g/mol. The van der Waals surface area contributed by atoms with Crippen molar-refractivity contribution in [1.29, 1.82) is 0 Å². The molecular formula is C24H28FN5OS. The van der Waals surface area contributed by atoms with Gasteiger partial charge in [-0.2, -0.15) is 0 Å². The zero-order valence-corrected chi connectivity index (χ0v) is 19.4. The molecule has 1 aliphatic rings. The maximum Gasteiger partial charge on any atom is 0.234 e. The van der Waals surface area contributed by atoms with Gasteiger partial charge < -0.3 is 10.2 Å². The van der Waals surface area contributed by atoms with Crippen LogP contribution in [0.4, 0.5) is 15.8 Å². The van der Waals surface area contributed by atoms with Crippen LogP contribution in [-0.4, -0.2) is 39.0 Å². The first-order valence-electron chi connectivity index (χ1n) is 11.0. The number of nitrogens with zero attached hydrogens (tertiary/aromatic N) is 4. The highest BCUT2D eigenvalue weighted by molar-refractivity contribution is 7.99. The van der Waals surface area contributed by atoms with Crippen LogP contribution >= 0.6 is 11.8 Å². The molecule has 1 saturated carbocycles. The molecule has 8 heteroatoms. The molecule has 168 valence electrons. The molecule has 1 fully saturated rings. The van der Waals surface area contributed by atoms with E-state index in [0.29, 0.717) is 22.6 Å². The quantitative estimate of drug-likeness (QED) is 0.441. The Labute approximate surface area is 192 Å². The molecule has 0 bridgehead atoms. The number of hydrogen-bond acceptors (Lipinski definition) is 5. The maximum atomic E-state index is 14.3. The molecule has 0 unspecified atom stereocenters. The lowest BCUT2D eigenvalue weighted by atomic mass is 10.2. The third-order valence-corrected chi connectivity index (χ3v) is 6.41. The first kappa shape index (κ1) is 22.3. The highest BCUT2D eigenvalue weighted by Crippen LogP contribution is 2.41. The molecule has 0 radical (unpaired) electrons. The lowest BCUT2D eigenvalue weighted by Gasteiger charge is -2.27. The van der Waals surface area contributed by atoms with Crippen LogP contribution in [-0.2, 0) is 4.79 Å². The van der Waals surface area contributed by atoms with Crippen molar-refractivity contribution in [3.05, 3.63) is 54.3 Å². The van der Waals surface area contributed by atoms with E-state index in [1.54, 1.807) is 18.2 Å². The van der Waals surface area contributed by atoms with E-state index in [1.165, 1.54) is 17.8 Å². The van der Waals surface area contributed by atoms with Crippen molar-refractivity contribution in [1.82, 2.24) is 14.8 Å². The minimum absolute atomic E-state index is 0.114. The van der Waals surface area contributed by atoms with Gasteiger partial charge in [-0.25, -0.2) is 4.39 Å². The molecule has 1 heterocycles. The van der Waals surface area contributed by atoms with Gasteiger partial charge in [0, 0.05) is 30.0 Å². The second-order valence-electron chi connectivity index (χ2n) is 8.15. The number of anilines is 2. The van der Waals surface area contributed by atoms with Gasteiger partial charge in [-0.05, 0) is 70.0 Å². The summed E-state index contributed by atoms with van der Waals surface area (Å²) in [6.45, 7) is 7.38. The molecule has 4 rings (SSSR count). The van der Waals surface area contributed by atoms with Gasteiger partial charge >= 0.3 is 0 Å². The molecule has 2 aromatic carbocycles. The van der Waals surface area contributed by atoms with Crippen molar-refractivity contribution in [2.75, 3.05) is 22.5 Å². The average Bonchev–Trinajstić information content (AvgIpc) is 3.53. The molecule has 0 saturated heterocycles. The second-order valence-corrected chi connectivity index (χ2v) is 9.09. The van der Waals surface area contributed by atoms with Crippen LogP contribution in [0.15, 0.2) is 53.7 Å². The van der Waals surface area contributed by atoms with Crippen LogP contribution in [0.2, 0.25) is 0 Å². The number of halogens is 1. The summed E-state index contributed by atoms with van der Waals surface area (Å²) in [7, 11) is 0. The predicted octanol–water partition coefficient (Wildman–Crippen LogP) is 5.38. The topological polar surface area (TPSA) is 63.1 Å². The molecule has 1 aromatic heterocycles. The molecule has 6 nitrogen and oxygen atoms in total. The fraction of sp³-hybridized carbons (Fsp3) is 0.375. The summed E-state index contributed by atoms with van der Waals surface area (Å²) < 4.78 is 16.3. The van der Waals surface area contributed by atoms with Crippen LogP contribution in [0, 0.1) is 5.82 Å². The third kappa shape index (κ3) is 4.96. The fourth-order valence-electron chi connectivity index (χ4n) is 3.77. The Balaban J connectivity index is 1.41. The van der Waals surface area contributed by atoms with E-state index in [1.807, 2.05) is 28.8 Å². The van der Waals surface area contributed by atoms with Gasteiger partial charge in [0.2, 0.25) is 5.91 Å². The number of amides is 1. The van der Waals surface area contributed by atoms with E-state index in [0.717, 1.165) is 30.8 Å². The number of thioether (sulfide) groups is 1. The first-order valence-corrected chi connectivity index (χ1v) is 12.0. The lowest BCUT2D eigenvalue weighted by molar-refractivity contribution is -0.113. The highest BCUT2D eigenvalue weighted by atomic mass is 32.2. The van der Waals surface area contributed by atoms with Crippen molar-refractivity contribution in [2.45, 2.75) is 50.9 Å². The van der Waals surface area contributed by atoms with Crippen LogP contribution in [0.25, 0.3) is 11.4 Å². The molecule has 1 aliphatic carbocycles. The van der Waals surface area contributed by atoms with Gasteiger partial charge in [0.15, 0.2) is 11.0 Å². The van der Waals surface area contributed by atoms with Crippen LogP contribution < -0.4 is 10.2 Å². The van der Waals surface area contributed by atoms with Crippen LogP contribution in [0.3, 0.4) is 0 Å². The Morgan fingerprint density at radius 1 is 1.19 bits per heavy atom. The van der Waals surface area contributed by atoms with E-state index in [-0.39, 0.29) is 23.5 Å². The second kappa shape index (κ2) is 9.73. The fourth-order valence-corrected chi connectivity index (χ4v) is 4.58. The van der Waals surface area contributed by atoms with Crippen LogP contribution in [0.1, 0.15) is 39.7 Å². The van der Waals surface area contributed by atoms with Gasteiger partial charge in [-0.1, -0.05) is 23.9 Å². The Morgan fingerprint density at radius 2 is 1.91 bits per heavy atom. The maximum absolute atomic E-state index is 14.3. The number of nitrogens with one attached hydrogen (secondary N) is 1. The summed E-state index contributed by atoms with van der Waals surface area (Å²) in [5.41, 5.74) is 2.33. The molecule has 0 spiro atoms. The van der Waals surface area contributed by atoms with E-state index >= 15 is 0 Å². The highest BCUT2D eigenvalue weighted by Gasteiger charge is 2.31. The standard InChI is InChI=1S/C24H28FN5OS/c1-4-29(16(2)3)18-11-9-17(10-12-18)26-22(31)15-32-24-28-27-23(30(24)19-13-14-19)20-7-5-6-8-21(20)25/h5-12,16,19H,4,13-15H2,1-3H3,(H,26,31). The number of aromatic nitrogens is 3. The molecular weight excluding hydrogens is 425 g/mol. The van der Waals surface area contributed by atoms with Crippen molar-refractivity contribution < 1.29 is 9.18 Å². The minimum atomic E-state index is -0.321. The summed E-state index contributed by atoms with van der Waals surface area (Å²) in [6, 6.07) is 15.2. The smallest absolute Gasteiger partial charge is 0.234 e. The van der Waals surface area contributed by atoms with Crippen molar-refractivity contribution in [2.24, 2.45) is 0 Å². The molecule has 3 aromatic rings. The van der Waals surface area contributed by atoms with Crippen molar-refractivity contribution in [3.63, 3.8) is 0 Å². The zero-order chi connectivity index (χ0) is 22.7. The number of carbonyl (C=O) groups excluding carboxylic acids is 1.